The minimum atomic E-state index is -4.74. The summed E-state index contributed by atoms with van der Waals surface area (Å²) >= 11 is 1.67. The quantitative estimate of drug-likeness (QED) is 0.635. The summed E-state index contributed by atoms with van der Waals surface area (Å²) in [5.41, 5.74) is 1.35. The number of ether oxygens (including phenoxy) is 1. The molecule has 0 atom stereocenters. The molecule has 2 heterocycles. The smallest absolute Gasteiger partial charge is 0.406 e. The van der Waals surface area contributed by atoms with Gasteiger partial charge >= 0.3 is 6.36 Å². The fraction of sp³-hybridized carbons (Fsp3) is 0.300. The van der Waals surface area contributed by atoms with Crippen LogP contribution in [0.3, 0.4) is 0 Å². The molecule has 1 aliphatic rings. The first-order valence-corrected chi connectivity index (χ1v) is 9.91. The largest absolute Gasteiger partial charge is 0.573 e. The number of thiazole rings is 1. The number of carbonyl (C=O) groups is 1. The van der Waals surface area contributed by atoms with Gasteiger partial charge in [-0.2, -0.15) is 0 Å². The van der Waals surface area contributed by atoms with E-state index in [4.69, 9.17) is 0 Å². The Morgan fingerprint density at radius 3 is 2.38 bits per heavy atom. The van der Waals surface area contributed by atoms with Crippen LogP contribution < -0.4 is 4.74 Å². The first kappa shape index (κ1) is 19.7. The number of aromatic nitrogens is 1. The highest BCUT2D eigenvalue weighted by Gasteiger charge is 2.31. The van der Waals surface area contributed by atoms with Crippen molar-refractivity contribution >= 4 is 27.5 Å². The Labute approximate surface area is 169 Å². The molecule has 1 aliphatic heterocycles. The van der Waals surface area contributed by atoms with Gasteiger partial charge in [0, 0.05) is 31.7 Å². The molecule has 0 spiro atoms. The summed E-state index contributed by atoms with van der Waals surface area (Å²) in [7, 11) is 0. The zero-order chi connectivity index (χ0) is 20.4. The lowest BCUT2D eigenvalue weighted by molar-refractivity contribution is -0.274. The molecule has 0 radical (unpaired) electrons. The van der Waals surface area contributed by atoms with Crippen LogP contribution in [0.4, 0.5) is 13.2 Å². The normalized spacial score (nSPS) is 15.6. The van der Waals surface area contributed by atoms with Gasteiger partial charge in [0.25, 0.3) is 5.91 Å². The van der Waals surface area contributed by atoms with Crippen LogP contribution in [-0.4, -0.2) is 53.2 Å². The molecule has 0 saturated carbocycles. The second-order valence-corrected chi connectivity index (χ2v) is 7.83. The maximum atomic E-state index is 12.6. The number of halogens is 3. The van der Waals surface area contributed by atoms with Gasteiger partial charge in [0.15, 0.2) is 0 Å². The molecule has 0 bridgehead atoms. The minimum Gasteiger partial charge on any atom is -0.406 e. The highest BCUT2D eigenvalue weighted by Crippen LogP contribution is 2.24. The van der Waals surface area contributed by atoms with Crippen LogP contribution >= 0.6 is 11.3 Å². The predicted molar refractivity (Wildman–Crippen MR) is 104 cm³/mol. The van der Waals surface area contributed by atoms with E-state index in [-0.39, 0.29) is 11.7 Å². The van der Waals surface area contributed by atoms with Crippen LogP contribution in [0.1, 0.15) is 15.4 Å². The molecule has 4 rings (SSSR count). The molecular weight excluding hydrogens is 403 g/mol. The first-order valence-electron chi connectivity index (χ1n) is 9.09. The SMILES string of the molecule is O=C(c1ccc(OC(F)(F)F)cc1)N1CCN(Cc2nc3ccccc3s2)CC1. The van der Waals surface area contributed by atoms with E-state index in [2.05, 4.69) is 20.7 Å². The molecular formula is C20H18F3N3O2S. The highest BCUT2D eigenvalue weighted by molar-refractivity contribution is 7.18. The average Bonchev–Trinajstić information content (AvgIpc) is 3.10. The lowest BCUT2D eigenvalue weighted by Gasteiger charge is -2.34. The van der Waals surface area contributed by atoms with Gasteiger partial charge in [-0.25, -0.2) is 4.98 Å². The molecule has 9 heteroatoms. The van der Waals surface area contributed by atoms with Gasteiger partial charge in [-0.15, -0.1) is 24.5 Å². The molecule has 0 unspecified atom stereocenters. The first-order chi connectivity index (χ1) is 13.9. The van der Waals surface area contributed by atoms with E-state index in [9.17, 15) is 18.0 Å². The van der Waals surface area contributed by atoms with E-state index >= 15 is 0 Å². The summed E-state index contributed by atoms with van der Waals surface area (Å²) in [5, 5.41) is 1.05. The number of carbonyl (C=O) groups excluding carboxylic acids is 1. The zero-order valence-electron chi connectivity index (χ0n) is 15.4. The summed E-state index contributed by atoms with van der Waals surface area (Å²) in [5.74, 6) is -0.530. The van der Waals surface area contributed by atoms with Crippen molar-refractivity contribution in [3.05, 3.63) is 59.1 Å². The molecule has 5 nitrogen and oxygen atoms in total. The standard InChI is InChI=1S/C20H18F3N3O2S/c21-20(22,23)28-15-7-5-14(6-8-15)19(27)26-11-9-25(10-12-26)13-18-24-16-3-1-2-4-17(16)29-18/h1-8H,9-13H2. The number of alkyl halides is 3. The van der Waals surface area contributed by atoms with E-state index < -0.39 is 6.36 Å². The maximum Gasteiger partial charge on any atom is 0.573 e. The number of nitrogens with zero attached hydrogens (tertiary/aromatic N) is 3. The molecule has 0 N–H and O–H groups in total. The van der Waals surface area contributed by atoms with Crippen molar-refractivity contribution in [2.24, 2.45) is 0 Å². The van der Waals surface area contributed by atoms with E-state index in [1.807, 2.05) is 18.2 Å². The van der Waals surface area contributed by atoms with Crippen molar-refractivity contribution in [1.29, 1.82) is 0 Å². The topological polar surface area (TPSA) is 45.7 Å². The van der Waals surface area contributed by atoms with Crippen molar-refractivity contribution in [3.8, 4) is 5.75 Å². The minimum absolute atomic E-state index is 0.191. The monoisotopic (exact) mass is 421 g/mol. The van der Waals surface area contributed by atoms with Crippen LogP contribution in [0.15, 0.2) is 48.5 Å². The third kappa shape index (κ3) is 4.86. The summed E-state index contributed by atoms with van der Waals surface area (Å²) < 4.78 is 41.7. The molecule has 152 valence electrons. The highest BCUT2D eigenvalue weighted by atomic mass is 32.1. The Morgan fingerprint density at radius 1 is 1.03 bits per heavy atom. The summed E-state index contributed by atoms with van der Waals surface area (Å²) in [6.45, 7) is 3.30. The molecule has 1 amide bonds. The summed E-state index contributed by atoms with van der Waals surface area (Å²) in [6.07, 6.45) is -4.74. The van der Waals surface area contributed by atoms with Crippen LogP contribution in [0, 0.1) is 0 Å². The van der Waals surface area contributed by atoms with Gasteiger partial charge in [-0.1, -0.05) is 12.1 Å². The number of hydrogen-bond acceptors (Lipinski definition) is 5. The number of piperazine rings is 1. The summed E-state index contributed by atoms with van der Waals surface area (Å²) in [4.78, 5) is 21.2. The van der Waals surface area contributed by atoms with Crippen LogP contribution in [0.2, 0.25) is 0 Å². The van der Waals surface area contributed by atoms with Crippen molar-refractivity contribution in [3.63, 3.8) is 0 Å². The molecule has 1 fully saturated rings. The van der Waals surface area contributed by atoms with Gasteiger partial charge in [0.05, 0.1) is 16.8 Å². The van der Waals surface area contributed by atoms with Gasteiger partial charge in [0.1, 0.15) is 10.8 Å². The van der Waals surface area contributed by atoms with Gasteiger partial charge < -0.3 is 9.64 Å². The fourth-order valence-corrected chi connectivity index (χ4v) is 4.28. The Hall–Kier alpha value is -2.65. The van der Waals surface area contributed by atoms with E-state index in [1.54, 1.807) is 16.2 Å². The van der Waals surface area contributed by atoms with Crippen LogP contribution in [0.5, 0.6) is 5.75 Å². The molecule has 29 heavy (non-hydrogen) atoms. The molecule has 1 saturated heterocycles. The fourth-order valence-electron chi connectivity index (χ4n) is 3.27. The number of amides is 1. The van der Waals surface area contributed by atoms with Crippen LogP contribution in [-0.2, 0) is 6.54 Å². The second kappa shape index (κ2) is 8.00. The average molecular weight is 421 g/mol. The molecule has 1 aromatic heterocycles. The number of para-hydroxylation sites is 1. The molecule has 2 aromatic carbocycles. The third-order valence-corrected chi connectivity index (χ3v) is 5.71. The maximum absolute atomic E-state index is 12.6. The Kier molecular flexibility index (Phi) is 5.42. The van der Waals surface area contributed by atoms with Crippen molar-refractivity contribution in [1.82, 2.24) is 14.8 Å². The third-order valence-electron chi connectivity index (χ3n) is 4.69. The Balaban J connectivity index is 1.32. The van der Waals surface area contributed by atoms with E-state index in [0.29, 0.717) is 18.7 Å². The zero-order valence-corrected chi connectivity index (χ0v) is 16.2. The van der Waals surface area contributed by atoms with Gasteiger partial charge in [-0.3, -0.25) is 9.69 Å². The van der Waals surface area contributed by atoms with Crippen molar-refractivity contribution < 1.29 is 22.7 Å². The number of fused-ring (bicyclic) bond motifs is 1. The number of benzene rings is 2. The Bertz CT molecular complexity index is 963. The number of rotatable bonds is 4. The molecule has 0 aliphatic carbocycles. The van der Waals surface area contributed by atoms with Crippen LogP contribution in [0.25, 0.3) is 10.2 Å². The molecule has 3 aromatic rings. The van der Waals surface area contributed by atoms with Gasteiger partial charge in [0.2, 0.25) is 0 Å². The Morgan fingerprint density at radius 2 is 1.72 bits per heavy atom. The lowest BCUT2D eigenvalue weighted by atomic mass is 10.1. The summed E-state index contributed by atoms with van der Waals surface area (Å²) in [6, 6.07) is 13.0. The van der Waals surface area contributed by atoms with Crippen molar-refractivity contribution in [2.45, 2.75) is 12.9 Å². The predicted octanol–water partition coefficient (Wildman–Crippen LogP) is 4.15. The van der Waals surface area contributed by atoms with Crippen molar-refractivity contribution in [2.75, 3.05) is 26.2 Å². The van der Waals surface area contributed by atoms with E-state index in [0.717, 1.165) is 47.0 Å². The second-order valence-electron chi connectivity index (χ2n) is 6.72. The van der Waals surface area contributed by atoms with E-state index in [1.165, 1.54) is 12.1 Å². The number of hydrogen-bond donors (Lipinski definition) is 0. The lowest BCUT2D eigenvalue weighted by Crippen LogP contribution is -2.48. The van der Waals surface area contributed by atoms with Gasteiger partial charge in [-0.05, 0) is 36.4 Å².